The van der Waals surface area contributed by atoms with Gasteiger partial charge in [0.2, 0.25) is 5.91 Å². The molecule has 0 aromatic heterocycles. The molecule has 0 bridgehead atoms. The molecule has 0 aliphatic carbocycles. The summed E-state index contributed by atoms with van der Waals surface area (Å²) in [5.41, 5.74) is 14.7. The summed E-state index contributed by atoms with van der Waals surface area (Å²) >= 11 is 0. The van der Waals surface area contributed by atoms with Crippen LogP contribution in [0.5, 0.6) is 0 Å². The SMILES string of the molecule is N[C@@H]1CN(C(=O)[C@@H](N)Cc2ccccc2)C[C@H]1c1ccccc1. The quantitative estimate of drug-likeness (QED) is 0.899. The molecule has 0 radical (unpaired) electrons. The van der Waals surface area contributed by atoms with Crippen LogP contribution < -0.4 is 11.5 Å². The number of rotatable bonds is 4. The summed E-state index contributed by atoms with van der Waals surface area (Å²) in [4.78, 5) is 14.4. The minimum absolute atomic E-state index is 0.0114. The number of nitrogens with two attached hydrogens (primary N) is 2. The van der Waals surface area contributed by atoms with E-state index in [2.05, 4.69) is 12.1 Å². The summed E-state index contributed by atoms with van der Waals surface area (Å²) < 4.78 is 0. The second-order valence-electron chi connectivity index (χ2n) is 6.22. The third-order valence-corrected chi connectivity index (χ3v) is 4.52. The Kier molecular flexibility index (Phi) is 4.74. The molecule has 1 amide bonds. The van der Waals surface area contributed by atoms with E-state index in [1.807, 2.05) is 53.4 Å². The van der Waals surface area contributed by atoms with Crippen molar-refractivity contribution in [2.24, 2.45) is 11.5 Å². The fourth-order valence-corrected chi connectivity index (χ4v) is 3.25. The Morgan fingerprint density at radius 1 is 1.04 bits per heavy atom. The summed E-state index contributed by atoms with van der Waals surface area (Å²) in [7, 11) is 0. The minimum Gasteiger partial charge on any atom is -0.339 e. The molecule has 120 valence electrons. The predicted molar refractivity (Wildman–Crippen MR) is 91.9 cm³/mol. The number of hydrogen-bond acceptors (Lipinski definition) is 3. The smallest absolute Gasteiger partial charge is 0.239 e. The van der Waals surface area contributed by atoms with E-state index in [9.17, 15) is 4.79 Å². The molecule has 3 rings (SSSR count). The van der Waals surface area contributed by atoms with Crippen LogP contribution in [0.25, 0.3) is 0 Å². The number of hydrogen-bond donors (Lipinski definition) is 2. The molecule has 1 aliphatic heterocycles. The molecule has 1 fully saturated rings. The molecule has 4 nitrogen and oxygen atoms in total. The first kappa shape index (κ1) is 15.7. The van der Waals surface area contributed by atoms with Gasteiger partial charge in [0.05, 0.1) is 6.04 Å². The van der Waals surface area contributed by atoms with E-state index < -0.39 is 6.04 Å². The van der Waals surface area contributed by atoms with Crippen molar-refractivity contribution in [1.29, 1.82) is 0 Å². The standard InChI is InChI=1S/C19H23N3O/c20-17(11-14-7-3-1-4-8-14)19(23)22-12-16(18(21)13-22)15-9-5-2-6-10-15/h1-10,16-18H,11-13,20-21H2/t16-,17-,18+/m0/s1. The molecule has 2 aromatic carbocycles. The van der Waals surface area contributed by atoms with Gasteiger partial charge >= 0.3 is 0 Å². The van der Waals surface area contributed by atoms with E-state index in [1.54, 1.807) is 0 Å². The van der Waals surface area contributed by atoms with Crippen molar-refractivity contribution < 1.29 is 4.79 Å². The molecule has 1 aliphatic rings. The van der Waals surface area contributed by atoms with Crippen LogP contribution in [-0.2, 0) is 11.2 Å². The average molecular weight is 309 g/mol. The van der Waals surface area contributed by atoms with Crippen molar-refractivity contribution in [2.75, 3.05) is 13.1 Å². The molecule has 4 heteroatoms. The first-order valence-electron chi connectivity index (χ1n) is 8.04. The molecule has 0 spiro atoms. The molecule has 0 unspecified atom stereocenters. The Balaban J connectivity index is 1.64. The second-order valence-corrected chi connectivity index (χ2v) is 6.22. The fraction of sp³-hybridized carbons (Fsp3) is 0.316. The van der Waals surface area contributed by atoms with Crippen LogP contribution in [0.4, 0.5) is 0 Å². The number of benzene rings is 2. The number of amides is 1. The Morgan fingerprint density at radius 2 is 1.65 bits per heavy atom. The summed E-state index contributed by atoms with van der Waals surface area (Å²) in [6.07, 6.45) is 0.557. The summed E-state index contributed by atoms with van der Waals surface area (Å²) in [5.74, 6) is 0.173. The Morgan fingerprint density at radius 3 is 2.30 bits per heavy atom. The summed E-state index contributed by atoms with van der Waals surface area (Å²) in [5, 5.41) is 0. The lowest BCUT2D eigenvalue weighted by atomic mass is 9.95. The molecule has 23 heavy (non-hydrogen) atoms. The van der Waals surface area contributed by atoms with Crippen LogP contribution >= 0.6 is 0 Å². The summed E-state index contributed by atoms with van der Waals surface area (Å²) in [6, 6.07) is 19.5. The van der Waals surface area contributed by atoms with Crippen LogP contribution in [0, 0.1) is 0 Å². The normalized spacial score (nSPS) is 22.1. The van der Waals surface area contributed by atoms with Crippen molar-refractivity contribution in [1.82, 2.24) is 4.90 Å². The Bertz CT molecular complexity index is 644. The molecule has 1 heterocycles. The maximum Gasteiger partial charge on any atom is 0.239 e. The van der Waals surface area contributed by atoms with Crippen molar-refractivity contribution in [2.45, 2.75) is 24.4 Å². The Labute approximate surface area is 137 Å². The number of likely N-dealkylation sites (tertiary alicyclic amines) is 1. The topological polar surface area (TPSA) is 72.3 Å². The predicted octanol–water partition coefficient (Wildman–Crippen LogP) is 1.51. The maximum absolute atomic E-state index is 12.6. The van der Waals surface area contributed by atoms with Crippen molar-refractivity contribution in [3.05, 3.63) is 71.8 Å². The van der Waals surface area contributed by atoms with Crippen molar-refractivity contribution in [3.63, 3.8) is 0 Å². The zero-order chi connectivity index (χ0) is 16.2. The van der Waals surface area contributed by atoms with Crippen LogP contribution in [0.3, 0.4) is 0 Å². The van der Waals surface area contributed by atoms with Crippen molar-refractivity contribution >= 4 is 5.91 Å². The van der Waals surface area contributed by atoms with Crippen LogP contribution in [0.15, 0.2) is 60.7 Å². The monoisotopic (exact) mass is 309 g/mol. The van der Waals surface area contributed by atoms with Gasteiger partial charge < -0.3 is 16.4 Å². The van der Waals surface area contributed by atoms with Crippen LogP contribution in [0.1, 0.15) is 17.0 Å². The van der Waals surface area contributed by atoms with E-state index in [0.717, 1.165) is 5.56 Å². The van der Waals surface area contributed by atoms with E-state index in [-0.39, 0.29) is 17.9 Å². The van der Waals surface area contributed by atoms with E-state index in [1.165, 1.54) is 5.56 Å². The first-order valence-corrected chi connectivity index (χ1v) is 8.04. The third-order valence-electron chi connectivity index (χ3n) is 4.52. The summed E-state index contributed by atoms with van der Waals surface area (Å²) in [6.45, 7) is 1.22. The lowest BCUT2D eigenvalue weighted by Crippen LogP contribution is -2.44. The number of carbonyl (C=O) groups is 1. The van der Waals surface area contributed by atoms with Gasteiger partial charge in [-0.1, -0.05) is 60.7 Å². The van der Waals surface area contributed by atoms with Gasteiger partial charge in [-0.05, 0) is 17.5 Å². The highest BCUT2D eigenvalue weighted by molar-refractivity contribution is 5.82. The molecule has 4 N–H and O–H groups in total. The lowest BCUT2D eigenvalue weighted by Gasteiger charge is -2.21. The molecule has 3 atom stereocenters. The van der Waals surface area contributed by atoms with Crippen molar-refractivity contribution in [3.8, 4) is 0 Å². The molecule has 1 saturated heterocycles. The van der Waals surface area contributed by atoms with Gasteiger partial charge in [-0.3, -0.25) is 4.79 Å². The van der Waals surface area contributed by atoms with Crippen LogP contribution in [-0.4, -0.2) is 36.0 Å². The van der Waals surface area contributed by atoms with Gasteiger partial charge in [0.25, 0.3) is 0 Å². The van der Waals surface area contributed by atoms with Gasteiger partial charge in [-0.15, -0.1) is 0 Å². The molecular weight excluding hydrogens is 286 g/mol. The van der Waals surface area contributed by atoms with Gasteiger partial charge in [-0.25, -0.2) is 0 Å². The highest BCUT2D eigenvalue weighted by Gasteiger charge is 2.35. The average Bonchev–Trinajstić information content (AvgIpc) is 2.97. The van der Waals surface area contributed by atoms with Gasteiger partial charge in [0, 0.05) is 25.0 Å². The van der Waals surface area contributed by atoms with E-state index in [0.29, 0.717) is 19.5 Å². The maximum atomic E-state index is 12.6. The second kappa shape index (κ2) is 6.94. The molecular formula is C19H23N3O. The zero-order valence-corrected chi connectivity index (χ0v) is 13.1. The third kappa shape index (κ3) is 3.60. The van der Waals surface area contributed by atoms with E-state index >= 15 is 0 Å². The highest BCUT2D eigenvalue weighted by Crippen LogP contribution is 2.26. The lowest BCUT2D eigenvalue weighted by molar-refractivity contribution is -0.131. The fourth-order valence-electron chi connectivity index (χ4n) is 3.25. The molecule has 2 aromatic rings. The first-order chi connectivity index (χ1) is 11.1. The highest BCUT2D eigenvalue weighted by atomic mass is 16.2. The van der Waals surface area contributed by atoms with E-state index in [4.69, 9.17) is 11.5 Å². The van der Waals surface area contributed by atoms with Gasteiger partial charge in [0.15, 0.2) is 0 Å². The largest absolute Gasteiger partial charge is 0.339 e. The van der Waals surface area contributed by atoms with Crippen LogP contribution in [0.2, 0.25) is 0 Å². The minimum atomic E-state index is -0.515. The molecule has 0 saturated carbocycles. The van der Waals surface area contributed by atoms with Gasteiger partial charge in [0.1, 0.15) is 0 Å². The number of nitrogens with zero attached hydrogens (tertiary/aromatic N) is 1. The Hall–Kier alpha value is -2.17. The number of carbonyl (C=O) groups excluding carboxylic acids is 1. The van der Waals surface area contributed by atoms with Gasteiger partial charge in [-0.2, -0.15) is 0 Å². The zero-order valence-electron chi connectivity index (χ0n) is 13.1.